The lowest BCUT2D eigenvalue weighted by Gasteiger charge is -2.25. The second-order valence-electron chi connectivity index (χ2n) is 5.02. The van der Waals surface area contributed by atoms with Crippen molar-refractivity contribution in [1.29, 1.82) is 0 Å². The summed E-state index contributed by atoms with van der Waals surface area (Å²) in [6.07, 6.45) is 0. The predicted molar refractivity (Wildman–Crippen MR) is 73.4 cm³/mol. The van der Waals surface area contributed by atoms with Crippen LogP contribution in [0.5, 0.6) is 0 Å². The number of likely N-dealkylation sites (N-methyl/N-ethyl adjacent to an activating group) is 1. The van der Waals surface area contributed by atoms with Gasteiger partial charge in [-0.2, -0.15) is 0 Å². The number of rotatable bonds is 5. The smallest absolute Gasteiger partial charge is 0.310 e. The van der Waals surface area contributed by atoms with E-state index in [1.165, 1.54) is 18.2 Å². The van der Waals surface area contributed by atoms with Crippen LogP contribution in [0.15, 0.2) is 24.3 Å². The molecule has 6 nitrogen and oxygen atoms in total. The Morgan fingerprint density at radius 2 is 2.24 bits per heavy atom. The average molecular weight is 296 g/mol. The van der Waals surface area contributed by atoms with Crippen molar-refractivity contribution in [2.24, 2.45) is 5.92 Å². The molecule has 0 saturated carbocycles. The first-order valence-corrected chi connectivity index (χ1v) is 6.53. The lowest BCUT2D eigenvalue weighted by atomic mass is 10.0. The average Bonchev–Trinajstić information content (AvgIpc) is 2.87. The largest absolute Gasteiger partial charge is 0.481 e. The molecule has 1 heterocycles. The Morgan fingerprint density at radius 1 is 1.48 bits per heavy atom. The molecule has 21 heavy (non-hydrogen) atoms. The van der Waals surface area contributed by atoms with Gasteiger partial charge in [0.05, 0.1) is 25.7 Å². The molecule has 0 bridgehead atoms. The molecule has 1 fully saturated rings. The quantitative estimate of drug-likeness (QED) is 0.840. The molecule has 2 atom stereocenters. The Labute approximate surface area is 121 Å². The monoisotopic (exact) mass is 296 g/mol. The van der Waals surface area contributed by atoms with Crippen LogP contribution in [0.3, 0.4) is 0 Å². The van der Waals surface area contributed by atoms with Crippen LogP contribution in [0.1, 0.15) is 0 Å². The number of ether oxygens (including phenoxy) is 1. The Balaban J connectivity index is 1.91. The van der Waals surface area contributed by atoms with Crippen molar-refractivity contribution < 1.29 is 23.8 Å². The highest BCUT2D eigenvalue weighted by molar-refractivity contribution is 5.92. The van der Waals surface area contributed by atoms with Gasteiger partial charge < -0.3 is 15.2 Å². The second-order valence-corrected chi connectivity index (χ2v) is 5.02. The number of carbonyl (C=O) groups is 2. The van der Waals surface area contributed by atoms with E-state index in [0.717, 1.165) is 0 Å². The van der Waals surface area contributed by atoms with Crippen LogP contribution in [0.4, 0.5) is 10.1 Å². The minimum absolute atomic E-state index is 0.00825. The Bertz CT molecular complexity index is 537. The standard InChI is InChI=1S/C14H17FN2O4/c1-17(12-8-21-7-11(12)14(19)20)6-13(18)16-10-4-2-3-9(15)5-10/h2-5,11-12H,6-8H2,1H3,(H,16,18)(H,19,20). The van der Waals surface area contributed by atoms with Gasteiger partial charge in [-0.05, 0) is 25.2 Å². The van der Waals surface area contributed by atoms with Crippen LogP contribution in [0.2, 0.25) is 0 Å². The lowest BCUT2D eigenvalue weighted by Crippen LogP contribution is -2.44. The number of anilines is 1. The van der Waals surface area contributed by atoms with Crippen molar-refractivity contribution in [2.45, 2.75) is 6.04 Å². The summed E-state index contributed by atoms with van der Waals surface area (Å²) in [7, 11) is 1.67. The van der Waals surface area contributed by atoms with Crippen LogP contribution >= 0.6 is 0 Å². The van der Waals surface area contributed by atoms with Gasteiger partial charge in [0, 0.05) is 11.7 Å². The van der Waals surface area contributed by atoms with Crippen molar-refractivity contribution in [3.8, 4) is 0 Å². The SMILES string of the molecule is CN(CC(=O)Nc1cccc(F)c1)C1COCC1C(=O)O. The maximum Gasteiger partial charge on any atom is 0.310 e. The molecule has 0 spiro atoms. The summed E-state index contributed by atoms with van der Waals surface area (Å²) in [5.74, 6) is -2.35. The number of nitrogens with one attached hydrogen (secondary N) is 1. The summed E-state index contributed by atoms with van der Waals surface area (Å²) < 4.78 is 18.2. The topological polar surface area (TPSA) is 78.9 Å². The molecule has 0 aliphatic carbocycles. The minimum atomic E-state index is -0.935. The van der Waals surface area contributed by atoms with E-state index in [4.69, 9.17) is 9.84 Å². The molecular formula is C14H17FN2O4. The Kier molecular flexibility index (Phi) is 4.87. The van der Waals surface area contributed by atoms with Gasteiger partial charge in [-0.1, -0.05) is 6.07 Å². The molecule has 2 unspecified atom stereocenters. The van der Waals surface area contributed by atoms with Crippen molar-refractivity contribution in [1.82, 2.24) is 4.90 Å². The predicted octanol–water partition coefficient (Wildman–Crippen LogP) is 0.796. The Morgan fingerprint density at radius 3 is 2.90 bits per heavy atom. The fourth-order valence-electron chi connectivity index (χ4n) is 2.32. The molecule has 2 N–H and O–H groups in total. The van der Waals surface area contributed by atoms with Crippen molar-refractivity contribution in [2.75, 3.05) is 32.1 Å². The summed E-state index contributed by atoms with van der Waals surface area (Å²) in [6, 6.07) is 5.24. The highest BCUT2D eigenvalue weighted by atomic mass is 19.1. The third kappa shape index (κ3) is 3.99. The van der Waals surface area contributed by atoms with Crippen molar-refractivity contribution >= 4 is 17.6 Å². The van der Waals surface area contributed by atoms with Gasteiger partial charge >= 0.3 is 5.97 Å². The van der Waals surface area contributed by atoms with Gasteiger partial charge in [-0.3, -0.25) is 14.5 Å². The summed E-state index contributed by atoms with van der Waals surface area (Å²) in [5, 5.41) is 11.7. The van der Waals surface area contributed by atoms with E-state index in [-0.39, 0.29) is 31.7 Å². The number of carboxylic acid groups (broad SMARTS) is 1. The molecule has 1 amide bonds. The van der Waals surface area contributed by atoms with E-state index in [2.05, 4.69) is 5.32 Å². The number of benzene rings is 1. The fraction of sp³-hybridized carbons (Fsp3) is 0.429. The molecule has 1 aliphatic heterocycles. The second kappa shape index (κ2) is 6.64. The zero-order valence-corrected chi connectivity index (χ0v) is 11.6. The van der Waals surface area contributed by atoms with Crippen LogP contribution < -0.4 is 5.32 Å². The number of carboxylic acids is 1. The molecule has 2 rings (SSSR count). The number of hydrogen-bond acceptors (Lipinski definition) is 4. The van der Waals surface area contributed by atoms with E-state index in [1.54, 1.807) is 18.0 Å². The summed E-state index contributed by atoms with van der Waals surface area (Å²) in [5.41, 5.74) is 0.367. The van der Waals surface area contributed by atoms with Gasteiger partial charge in [-0.15, -0.1) is 0 Å². The summed E-state index contributed by atoms with van der Waals surface area (Å²) in [6.45, 7) is 0.435. The van der Waals surface area contributed by atoms with Gasteiger partial charge in [0.1, 0.15) is 5.82 Å². The maximum atomic E-state index is 13.0. The van der Waals surface area contributed by atoms with E-state index in [0.29, 0.717) is 5.69 Å². The molecule has 7 heteroatoms. The van der Waals surface area contributed by atoms with Gasteiger partial charge in [0.2, 0.25) is 5.91 Å². The molecule has 1 saturated heterocycles. The number of aliphatic carboxylic acids is 1. The van der Waals surface area contributed by atoms with Crippen LogP contribution in [0.25, 0.3) is 0 Å². The first-order chi connectivity index (χ1) is 9.97. The summed E-state index contributed by atoms with van der Waals surface area (Å²) >= 11 is 0. The molecule has 1 aromatic carbocycles. The maximum absolute atomic E-state index is 13.0. The van der Waals surface area contributed by atoms with E-state index < -0.39 is 17.7 Å². The third-order valence-electron chi connectivity index (χ3n) is 3.44. The van der Waals surface area contributed by atoms with E-state index >= 15 is 0 Å². The Hall–Kier alpha value is -1.99. The zero-order chi connectivity index (χ0) is 15.4. The van der Waals surface area contributed by atoms with Crippen LogP contribution in [0, 0.1) is 11.7 Å². The molecular weight excluding hydrogens is 279 g/mol. The fourth-order valence-corrected chi connectivity index (χ4v) is 2.32. The highest BCUT2D eigenvalue weighted by Gasteiger charge is 2.37. The molecule has 1 aromatic rings. The first kappa shape index (κ1) is 15.4. The number of hydrogen-bond donors (Lipinski definition) is 2. The zero-order valence-electron chi connectivity index (χ0n) is 11.6. The molecule has 0 radical (unpaired) electrons. The first-order valence-electron chi connectivity index (χ1n) is 6.53. The normalized spacial score (nSPS) is 21.5. The molecule has 0 aromatic heterocycles. The number of nitrogens with zero attached hydrogens (tertiary/aromatic N) is 1. The van der Waals surface area contributed by atoms with E-state index in [9.17, 15) is 14.0 Å². The minimum Gasteiger partial charge on any atom is -0.481 e. The van der Waals surface area contributed by atoms with Gasteiger partial charge in [0.25, 0.3) is 0 Å². The van der Waals surface area contributed by atoms with Crippen molar-refractivity contribution in [3.05, 3.63) is 30.1 Å². The lowest BCUT2D eigenvalue weighted by molar-refractivity contribution is -0.143. The highest BCUT2D eigenvalue weighted by Crippen LogP contribution is 2.19. The number of amides is 1. The summed E-state index contributed by atoms with van der Waals surface area (Å²) in [4.78, 5) is 24.6. The third-order valence-corrected chi connectivity index (χ3v) is 3.44. The molecule has 114 valence electrons. The van der Waals surface area contributed by atoms with Crippen LogP contribution in [-0.4, -0.2) is 54.7 Å². The van der Waals surface area contributed by atoms with E-state index in [1.807, 2.05) is 0 Å². The van der Waals surface area contributed by atoms with Crippen molar-refractivity contribution in [3.63, 3.8) is 0 Å². The van der Waals surface area contributed by atoms with Gasteiger partial charge in [0.15, 0.2) is 0 Å². The number of halogens is 1. The van der Waals surface area contributed by atoms with Gasteiger partial charge in [-0.25, -0.2) is 4.39 Å². The van der Waals surface area contributed by atoms with Crippen LogP contribution in [-0.2, 0) is 14.3 Å². The number of carbonyl (C=O) groups excluding carboxylic acids is 1. The molecule has 1 aliphatic rings.